The van der Waals surface area contributed by atoms with Gasteiger partial charge in [-0.05, 0) is 24.1 Å². The molecule has 0 aliphatic heterocycles. The molecular formula is C16H16N2O4. The number of carbonyl (C=O) groups is 1. The first-order chi connectivity index (χ1) is 10.6. The van der Waals surface area contributed by atoms with Gasteiger partial charge in [0.1, 0.15) is 5.75 Å². The van der Waals surface area contributed by atoms with Gasteiger partial charge in [0, 0.05) is 13.5 Å². The van der Waals surface area contributed by atoms with Crippen LogP contribution in [0.15, 0.2) is 54.6 Å². The van der Waals surface area contributed by atoms with Crippen molar-refractivity contribution in [3.8, 4) is 5.75 Å². The van der Waals surface area contributed by atoms with Crippen molar-refractivity contribution in [3.05, 3.63) is 70.3 Å². The molecule has 0 saturated heterocycles. The Morgan fingerprint density at radius 3 is 2.41 bits per heavy atom. The van der Waals surface area contributed by atoms with Gasteiger partial charge in [0.25, 0.3) is 5.09 Å². The molecule has 0 fully saturated rings. The molecule has 0 aliphatic carbocycles. The van der Waals surface area contributed by atoms with Crippen LogP contribution < -0.4 is 9.74 Å². The van der Waals surface area contributed by atoms with E-state index in [1.54, 1.807) is 18.2 Å². The summed E-state index contributed by atoms with van der Waals surface area (Å²) in [5, 5.41) is 9.69. The standard InChI is InChI=1S/C16H16N2O4/c1-13(19)17(12-11-14-7-3-2-4-8-14)15-9-5-6-10-16(15)22-18(20)21/h2-10H,11-12H2,1H3. The number of hydrogen-bond donors (Lipinski definition) is 0. The highest BCUT2D eigenvalue weighted by Gasteiger charge is 2.17. The molecule has 22 heavy (non-hydrogen) atoms. The van der Waals surface area contributed by atoms with E-state index in [4.69, 9.17) is 0 Å². The van der Waals surface area contributed by atoms with Crippen LogP contribution in [0.1, 0.15) is 12.5 Å². The molecule has 6 nitrogen and oxygen atoms in total. The predicted molar refractivity (Wildman–Crippen MR) is 82.2 cm³/mol. The van der Waals surface area contributed by atoms with E-state index in [2.05, 4.69) is 4.84 Å². The van der Waals surface area contributed by atoms with Crippen molar-refractivity contribution in [2.24, 2.45) is 0 Å². The van der Waals surface area contributed by atoms with E-state index < -0.39 is 5.09 Å². The van der Waals surface area contributed by atoms with Crippen molar-refractivity contribution in [2.45, 2.75) is 13.3 Å². The lowest BCUT2D eigenvalue weighted by atomic mass is 10.1. The Hall–Kier alpha value is -2.89. The molecule has 2 aromatic carbocycles. The Labute approximate surface area is 128 Å². The SMILES string of the molecule is CC(=O)N(CCc1ccccc1)c1ccccc1O[N+](=O)[O-]. The van der Waals surface area contributed by atoms with Gasteiger partial charge in [-0.15, -0.1) is 10.1 Å². The van der Waals surface area contributed by atoms with Gasteiger partial charge in [-0.25, -0.2) is 0 Å². The Morgan fingerprint density at radius 2 is 1.77 bits per heavy atom. The molecule has 2 aromatic rings. The van der Waals surface area contributed by atoms with E-state index in [-0.39, 0.29) is 11.7 Å². The number of benzene rings is 2. The summed E-state index contributed by atoms with van der Waals surface area (Å²) in [6, 6.07) is 16.1. The summed E-state index contributed by atoms with van der Waals surface area (Å²) in [5.41, 5.74) is 1.48. The Morgan fingerprint density at radius 1 is 1.14 bits per heavy atom. The lowest BCUT2D eigenvalue weighted by Gasteiger charge is -2.23. The molecule has 0 bridgehead atoms. The highest BCUT2D eigenvalue weighted by atomic mass is 17.0. The molecule has 2 rings (SSSR count). The Balaban J connectivity index is 2.21. The first-order valence-corrected chi connectivity index (χ1v) is 6.81. The molecule has 0 spiro atoms. The van der Waals surface area contributed by atoms with Gasteiger partial charge >= 0.3 is 0 Å². The van der Waals surface area contributed by atoms with E-state index in [0.29, 0.717) is 18.7 Å². The third-order valence-corrected chi connectivity index (χ3v) is 3.18. The lowest BCUT2D eigenvalue weighted by molar-refractivity contribution is -0.710. The van der Waals surface area contributed by atoms with E-state index in [1.165, 1.54) is 17.9 Å². The molecule has 114 valence electrons. The van der Waals surface area contributed by atoms with Gasteiger partial charge in [0.15, 0.2) is 0 Å². The molecular weight excluding hydrogens is 284 g/mol. The highest BCUT2D eigenvalue weighted by Crippen LogP contribution is 2.28. The third kappa shape index (κ3) is 4.05. The summed E-state index contributed by atoms with van der Waals surface area (Å²) in [5.74, 6) is -0.147. The van der Waals surface area contributed by atoms with E-state index in [0.717, 1.165) is 5.56 Å². The smallest absolute Gasteiger partial charge is 0.299 e. The number of carbonyl (C=O) groups excluding carboxylic acids is 1. The van der Waals surface area contributed by atoms with E-state index in [9.17, 15) is 14.9 Å². The first kappa shape index (κ1) is 15.5. The molecule has 1 amide bonds. The van der Waals surface area contributed by atoms with Gasteiger partial charge in [-0.3, -0.25) is 9.63 Å². The van der Waals surface area contributed by atoms with Crippen LogP contribution in [0.25, 0.3) is 0 Å². The molecule has 0 unspecified atom stereocenters. The number of amides is 1. The van der Waals surface area contributed by atoms with Crippen molar-refractivity contribution in [1.29, 1.82) is 0 Å². The average molecular weight is 300 g/mol. The fourth-order valence-corrected chi connectivity index (χ4v) is 2.17. The summed E-state index contributed by atoms with van der Waals surface area (Å²) in [6.07, 6.45) is 0.646. The number of para-hydroxylation sites is 2. The molecule has 6 heteroatoms. The highest BCUT2D eigenvalue weighted by molar-refractivity contribution is 5.93. The zero-order valence-electron chi connectivity index (χ0n) is 12.1. The van der Waals surface area contributed by atoms with Gasteiger partial charge < -0.3 is 4.90 Å². The van der Waals surface area contributed by atoms with Gasteiger partial charge in [0.2, 0.25) is 5.91 Å². The quantitative estimate of drug-likeness (QED) is 0.607. The normalized spacial score (nSPS) is 10.0. The average Bonchev–Trinajstić information content (AvgIpc) is 2.49. The molecule has 0 saturated carbocycles. The summed E-state index contributed by atoms with van der Waals surface area (Å²) < 4.78 is 0. The van der Waals surface area contributed by atoms with Crippen LogP contribution in [0, 0.1) is 10.1 Å². The van der Waals surface area contributed by atoms with E-state index in [1.807, 2.05) is 30.3 Å². The van der Waals surface area contributed by atoms with E-state index >= 15 is 0 Å². The number of anilines is 1. The second-order valence-corrected chi connectivity index (χ2v) is 4.69. The second kappa shape index (κ2) is 7.21. The minimum Gasteiger partial charge on any atom is -0.310 e. The molecule has 0 N–H and O–H groups in total. The maximum atomic E-state index is 11.9. The van der Waals surface area contributed by atoms with Crippen LogP contribution in [-0.2, 0) is 11.2 Å². The first-order valence-electron chi connectivity index (χ1n) is 6.81. The maximum absolute atomic E-state index is 11.9. The van der Waals surface area contributed by atoms with Crippen molar-refractivity contribution >= 4 is 11.6 Å². The number of rotatable bonds is 6. The summed E-state index contributed by atoms with van der Waals surface area (Å²) >= 11 is 0. The Kier molecular flexibility index (Phi) is 5.08. The van der Waals surface area contributed by atoms with Gasteiger partial charge in [-0.2, -0.15) is 0 Å². The summed E-state index contributed by atoms with van der Waals surface area (Å²) in [6.45, 7) is 1.84. The van der Waals surface area contributed by atoms with Crippen LogP contribution >= 0.6 is 0 Å². The van der Waals surface area contributed by atoms with Crippen LogP contribution in [-0.4, -0.2) is 17.5 Å². The lowest BCUT2D eigenvalue weighted by Crippen LogP contribution is -2.31. The zero-order chi connectivity index (χ0) is 15.9. The van der Waals surface area contributed by atoms with Crippen molar-refractivity contribution < 1.29 is 14.7 Å². The molecule has 0 heterocycles. The van der Waals surface area contributed by atoms with Crippen LogP contribution in [0.5, 0.6) is 5.75 Å². The largest absolute Gasteiger partial charge is 0.310 e. The second-order valence-electron chi connectivity index (χ2n) is 4.69. The van der Waals surface area contributed by atoms with Crippen LogP contribution in [0.3, 0.4) is 0 Å². The topological polar surface area (TPSA) is 72.7 Å². The molecule has 0 radical (unpaired) electrons. The zero-order valence-corrected chi connectivity index (χ0v) is 12.1. The third-order valence-electron chi connectivity index (χ3n) is 3.18. The minimum absolute atomic E-state index is 0.0516. The fraction of sp³-hybridized carbons (Fsp3) is 0.188. The van der Waals surface area contributed by atoms with Crippen molar-refractivity contribution in [3.63, 3.8) is 0 Å². The number of hydrogen-bond acceptors (Lipinski definition) is 4. The minimum atomic E-state index is -0.881. The number of nitrogens with zero attached hydrogens (tertiary/aromatic N) is 2. The van der Waals surface area contributed by atoms with Crippen LogP contribution in [0.4, 0.5) is 5.69 Å². The monoisotopic (exact) mass is 300 g/mol. The van der Waals surface area contributed by atoms with Gasteiger partial charge in [0.05, 0.1) is 5.69 Å². The molecule has 0 aromatic heterocycles. The summed E-state index contributed by atoms with van der Waals surface area (Å²) in [4.78, 5) is 28.5. The van der Waals surface area contributed by atoms with Crippen molar-refractivity contribution in [1.82, 2.24) is 0 Å². The van der Waals surface area contributed by atoms with Gasteiger partial charge in [-0.1, -0.05) is 42.5 Å². The Bertz CT molecular complexity index is 658. The van der Waals surface area contributed by atoms with Crippen molar-refractivity contribution in [2.75, 3.05) is 11.4 Å². The van der Waals surface area contributed by atoms with Crippen LogP contribution in [0.2, 0.25) is 0 Å². The molecule has 0 atom stereocenters. The predicted octanol–water partition coefficient (Wildman–Crippen LogP) is 2.85. The fourth-order valence-electron chi connectivity index (χ4n) is 2.17. The maximum Gasteiger partial charge on any atom is 0.299 e. The molecule has 0 aliphatic rings. The summed E-state index contributed by atoms with van der Waals surface area (Å²) in [7, 11) is 0.